The van der Waals surface area contributed by atoms with Crippen LogP contribution in [0.4, 0.5) is 0 Å². The Balaban J connectivity index is 1.88. The van der Waals surface area contributed by atoms with Gasteiger partial charge in [-0.15, -0.1) is 0 Å². The highest BCUT2D eigenvalue weighted by atomic mass is 32.2. The summed E-state index contributed by atoms with van der Waals surface area (Å²) in [6, 6.07) is 0. The fourth-order valence-electron chi connectivity index (χ4n) is 3.60. The summed E-state index contributed by atoms with van der Waals surface area (Å²) in [6.45, 7) is 8.67. The molecule has 2 aliphatic rings. The number of hydrogen-bond donors (Lipinski definition) is 0. The molecule has 2 fully saturated rings. The van der Waals surface area contributed by atoms with Crippen LogP contribution in [-0.4, -0.2) is 50.9 Å². The summed E-state index contributed by atoms with van der Waals surface area (Å²) < 4.78 is 14.2. The van der Waals surface area contributed by atoms with Crippen LogP contribution in [0.1, 0.15) is 52.4 Å². The Kier molecular flexibility index (Phi) is 5.22. The molecule has 4 heteroatoms. The van der Waals surface area contributed by atoms with Gasteiger partial charge in [0.15, 0.2) is 0 Å². The Labute approximate surface area is 115 Å². The van der Waals surface area contributed by atoms with Crippen LogP contribution in [0.2, 0.25) is 0 Å². The summed E-state index contributed by atoms with van der Waals surface area (Å²) in [7, 11) is -0.732. The molecule has 1 unspecified atom stereocenters. The van der Waals surface area contributed by atoms with Crippen LogP contribution in [0.15, 0.2) is 0 Å². The zero-order valence-electron chi connectivity index (χ0n) is 12.0. The molecule has 2 rings (SSSR count). The van der Waals surface area contributed by atoms with Gasteiger partial charge >= 0.3 is 0 Å². The smallest absolute Gasteiger partial charge is 0.0943 e. The van der Waals surface area contributed by atoms with E-state index in [9.17, 15) is 4.21 Å². The molecule has 0 aromatic heterocycles. The van der Waals surface area contributed by atoms with Gasteiger partial charge in [0, 0.05) is 37.5 Å². The van der Waals surface area contributed by atoms with Crippen molar-refractivity contribution < 1.29 is 4.21 Å². The lowest BCUT2D eigenvalue weighted by Gasteiger charge is -2.45. The molecule has 18 heavy (non-hydrogen) atoms. The topological polar surface area (TPSA) is 23.6 Å². The minimum absolute atomic E-state index is 0.484. The third-order valence-electron chi connectivity index (χ3n) is 4.77. The first kappa shape index (κ1) is 14.5. The van der Waals surface area contributed by atoms with Gasteiger partial charge in [0.05, 0.1) is 11.0 Å². The monoisotopic (exact) mass is 272 g/mol. The number of piperazine rings is 1. The van der Waals surface area contributed by atoms with Gasteiger partial charge in [0.25, 0.3) is 0 Å². The minimum atomic E-state index is -0.732. The average Bonchev–Trinajstić information content (AvgIpc) is 2.89. The third-order valence-corrected chi connectivity index (χ3v) is 6.47. The van der Waals surface area contributed by atoms with Crippen molar-refractivity contribution in [1.29, 1.82) is 0 Å². The average molecular weight is 272 g/mol. The van der Waals surface area contributed by atoms with Crippen molar-refractivity contribution in [3.05, 3.63) is 0 Å². The Hall–Kier alpha value is 0.0700. The van der Waals surface area contributed by atoms with Gasteiger partial charge in [0.1, 0.15) is 0 Å². The highest BCUT2D eigenvalue weighted by molar-refractivity contribution is 7.82. The molecule has 0 amide bonds. The first-order chi connectivity index (χ1) is 8.72. The van der Waals surface area contributed by atoms with Gasteiger partial charge in [-0.2, -0.15) is 0 Å². The van der Waals surface area contributed by atoms with E-state index in [1.165, 1.54) is 32.1 Å². The molecule has 1 aliphatic heterocycles. The summed E-state index contributed by atoms with van der Waals surface area (Å²) >= 11 is 0. The summed E-state index contributed by atoms with van der Waals surface area (Å²) in [5.74, 6) is 0.832. The Morgan fingerprint density at radius 3 is 2.17 bits per heavy atom. The molecule has 1 saturated heterocycles. The molecular formula is C14H28N2OS. The quantitative estimate of drug-likeness (QED) is 0.767. The molecule has 0 bridgehead atoms. The van der Waals surface area contributed by atoms with Crippen molar-refractivity contribution >= 4 is 11.0 Å². The lowest BCUT2D eigenvalue weighted by atomic mass is 9.91. The molecule has 1 aliphatic carbocycles. The van der Waals surface area contributed by atoms with E-state index in [1.54, 1.807) is 0 Å². The maximum atomic E-state index is 12.0. The SMILES string of the molecule is CCCS(=O)N1CCN(C2(CC)CCCC2)CC1. The van der Waals surface area contributed by atoms with Crippen molar-refractivity contribution in [1.82, 2.24) is 9.21 Å². The maximum Gasteiger partial charge on any atom is 0.0943 e. The molecule has 0 radical (unpaired) electrons. The fourth-order valence-corrected chi connectivity index (χ4v) is 4.77. The van der Waals surface area contributed by atoms with E-state index in [4.69, 9.17) is 0 Å². The van der Waals surface area contributed by atoms with Gasteiger partial charge < -0.3 is 0 Å². The number of rotatable bonds is 5. The number of nitrogens with zero attached hydrogens (tertiary/aromatic N) is 2. The van der Waals surface area contributed by atoms with Gasteiger partial charge in [-0.3, -0.25) is 4.90 Å². The van der Waals surface area contributed by atoms with Crippen LogP contribution in [0, 0.1) is 0 Å². The van der Waals surface area contributed by atoms with E-state index in [0.29, 0.717) is 5.54 Å². The summed E-state index contributed by atoms with van der Waals surface area (Å²) in [5.41, 5.74) is 0.484. The third kappa shape index (κ3) is 2.97. The van der Waals surface area contributed by atoms with E-state index in [0.717, 1.165) is 38.4 Å². The predicted molar refractivity (Wildman–Crippen MR) is 77.9 cm³/mol. The van der Waals surface area contributed by atoms with Crippen LogP contribution >= 0.6 is 0 Å². The molecule has 0 aromatic carbocycles. The maximum absolute atomic E-state index is 12.0. The second-order valence-electron chi connectivity index (χ2n) is 5.73. The lowest BCUT2D eigenvalue weighted by Crippen LogP contribution is -2.56. The van der Waals surface area contributed by atoms with Crippen molar-refractivity contribution in [2.45, 2.75) is 57.9 Å². The highest BCUT2D eigenvalue weighted by Gasteiger charge is 2.39. The minimum Gasteiger partial charge on any atom is -0.295 e. The van der Waals surface area contributed by atoms with E-state index in [-0.39, 0.29) is 0 Å². The van der Waals surface area contributed by atoms with Gasteiger partial charge in [0.2, 0.25) is 0 Å². The van der Waals surface area contributed by atoms with Gasteiger partial charge in [-0.1, -0.05) is 26.7 Å². The van der Waals surface area contributed by atoms with Crippen molar-refractivity contribution in [2.24, 2.45) is 0 Å². The molecule has 0 N–H and O–H groups in total. The summed E-state index contributed by atoms with van der Waals surface area (Å²) in [6.07, 6.45) is 7.85. The standard InChI is InChI=1S/C14H28N2OS/c1-3-13-18(17)16-11-9-15(10-12-16)14(4-2)7-5-6-8-14/h3-13H2,1-2H3. The Morgan fingerprint density at radius 1 is 1.06 bits per heavy atom. The van der Waals surface area contributed by atoms with Crippen molar-refractivity contribution in [3.63, 3.8) is 0 Å². The first-order valence-electron chi connectivity index (χ1n) is 7.60. The van der Waals surface area contributed by atoms with Crippen LogP contribution < -0.4 is 0 Å². The van der Waals surface area contributed by atoms with E-state index >= 15 is 0 Å². The van der Waals surface area contributed by atoms with Crippen LogP contribution in [0.3, 0.4) is 0 Å². The molecule has 1 saturated carbocycles. The van der Waals surface area contributed by atoms with E-state index in [1.807, 2.05) is 0 Å². The molecule has 0 spiro atoms. The Morgan fingerprint density at radius 2 is 1.67 bits per heavy atom. The summed E-state index contributed by atoms with van der Waals surface area (Å²) in [5, 5.41) is 0. The fraction of sp³-hybridized carbons (Fsp3) is 1.00. The highest BCUT2D eigenvalue weighted by Crippen LogP contribution is 2.38. The van der Waals surface area contributed by atoms with E-state index < -0.39 is 11.0 Å². The van der Waals surface area contributed by atoms with Crippen LogP contribution in [0.25, 0.3) is 0 Å². The molecule has 0 aromatic rings. The second kappa shape index (κ2) is 6.49. The van der Waals surface area contributed by atoms with E-state index in [2.05, 4.69) is 23.1 Å². The molecular weight excluding hydrogens is 244 g/mol. The predicted octanol–water partition coefficient (Wildman–Crippen LogP) is 2.40. The first-order valence-corrected chi connectivity index (χ1v) is 8.88. The normalized spacial score (nSPS) is 27.4. The van der Waals surface area contributed by atoms with Crippen LogP contribution in [-0.2, 0) is 11.0 Å². The van der Waals surface area contributed by atoms with Crippen LogP contribution in [0.5, 0.6) is 0 Å². The number of hydrogen-bond acceptors (Lipinski definition) is 2. The second-order valence-corrected chi connectivity index (χ2v) is 7.29. The summed E-state index contributed by atoms with van der Waals surface area (Å²) in [4.78, 5) is 2.69. The largest absolute Gasteiger partial charge is 0.295 e. The van der Waals surface area contributed by atoms with Crippen molar-refractivity contribution in [2.75, 3.05) is 31.9 Å². The van der Waals surface area contributed by atoms with Gasteiger partial charge in [-0.05, 0) is 25.7 Å². The molecule has 3 nitrogen and oxygen atoms in total. The van der Waals surface area contributed by atoms with Gasteiger partial charge in [-0.25, -0.2) is 8.51 Å². The molecule has 1 atom stereocenters. The zero-order valence-corrected chi connectivity index (χ0v) is 12.8. The zero-order chi connectivity index (χ0) is 13.0. The lowest BCUT2D eigenvalue weighted by molar-refractivity contribution is 0.0554. The Bertz CT molecular complexity index is 282. The molecule has 106 valence electrons. The van der Waals surface area contributed by atoms with Crippen molar-refractivity contribution in [3.8, 4) is 0 Å². The molecule has 1 heterocycles.